The van der Waals surface area contributed by atoms with Crippen molar-refractivity contribution in [3.8, 4) is 11.8 Å². The van der Waals surface area contributed by atoms with Gasteiger partial charge in [0.2, 0.25) is 0 Å². The van der Waals surface area contributed by atoms with Gasteiger partial charge in [0.05, 0.1) is 17.5 Å². The number of ether oxygens (including phenoxy) is 1. The lowest BCUT2D eigenvalue weighted by molar-refractivity contribution is 0.227. The molecule has 0 heterocycles. The molecule has 0 radical (unpaired) electrons. The average Bonchev–Trinajstić information content (AvgIpc) is 2.12. The molecule has 0 saturated heterocycles. The molecule has 0 N–H and O–H groups in total. The van der Waals surface area contributed by atoms with Crippen LogP contribution in [0.15, 0.2) is 18.2 Å². The van der Waals surface area contributed by atoms with Crippen molar-refractivity contribution in [3.05, 3.63) is 28.2 Å². The molecule has 1 rings (SSSR count). The van der Waals surface area contributed by atoms with Crippen LogP contribution >= 0.6 is 23.2 Å². The largest absolute Gasteiger partial charge is 0.488 e. The Morgan fingerprint density at radius 2 is 2.21 bits per heavy atom. The maximum absolute atomic E-state index is 8.45. The normalized spacial score (nSPS) is 11.9. The molecule has 0 saturated carbocycles. The quantitative estimate of drug-likeness (QED) is 0.793. The molecule has 0 bridgehead atoms. The van der Waals surface area contributed by atoms with Crippen LogP contribution in [0.3, 0.4) is 0 Å². The monoisotopic (exact) mass is 229 g/mol. The Morgan fingerprint density at radius 3 is 2.86 bits per heavy atom. The Kier molecular flexibility index (Phi) is 4.06. The summed E-state index contributed by atoms with van der Waals surface area (Å²) in [6.07, 6.45) is 0.138. The molecule has 1 aromatic carbocycles. The van der Waals surface area contributed by atoms with Crippen LogP contribution in [0.5, 0.6) is 5.75 Å². The van der Waals surface area contributed by atoms with E-state index in [-0.39, 0.29) is 6.10 Å². The van der Waals surface area contributed by atoms with Crippen LogP contribution in [0.4, 0.5) is 0 Å². The van der Waals surface area contributed by atoms with Crippen LogP contribution in [-0.2, 0) is 0 Å². The predicted octanol–water partition coefficient (Wildman–Crippen LogP) is 3.67. The van der Waals surface area contributed by atoms with Crippen LogP contribution in [0.25, 0.3) is 0 Å². The van der Waals surface area contributed by atoms with Crippen molar-refractivity contribution in [1.29, 1.82) is 5.26 Å². The molecule has 74 valence electrons. The first kappa shape index (κ1) is 11.2. The molecule has 14 heavy (non-hydrogen) atoms. The fourth-order valence-corrected chi connectivity index (χ4v) is 1.28. The van der Waals surface area contributed by atoms with Gasteiger partial charge in [-0.15, -0.1) is 0 Å². The summed E-state index contributed by atoms with van der Waals surface area (Å²) in [4.78, 5) is 0. The molecular weight excluding hydrogens is 221 g/mol. The zero-order chi connectivity index (χ0) is 10.6. The van der Waals surface area contributed by atoms with E-state index in [4.69, 9.17) is 33.2 Å². The number of halogens is 2. The second-order valence-corrected chi connectivity index (χ2v) is 3.71. The minimum atomic E-state index is -0.184. The van der Waals surface area contributed by atoms with Crippen LogP contribution in [-0.4, -0.2) is 6.10 Å². The Balaban J connectivity index is 2.76. The molecule has 0 aliphatic carbocycles. The molecule has 0 aliphatic heterocycles. The standard InChI is InChI=1S/C10H9Cl2NO/c1-7(4-5-13)14-10-6-8(11)2-3-9(10)12/h2-3,6-7H,4H2,1H3. The van der Waals surface area contributed by atoms with Gasteiger partial charge in [0.1, 0.15) is 11.9 Å². The Morgan fingerprint density at radius 1 is 1.50 bits per heavy atom. The third-order valence-electron chi connectivity index (χ3n) is 1.60. The summed E-state index contributed by atoms with van der Waals surface area (Å²) in [5.74, 6) is 0.516. The van der Waals surface area contributed by atoms with Crippen molar-refractivity contribution in [2.24, 2.45) is 0 Å². The van der Waals surface area contributed by atoms with E-state index in [0.717, 1.165) is 0 Å². The van der Waals surface area contributed by atoms with Crippen molar-refractivity contribution in [2.45, 2.75) is 19.4 Å². The molecular formula is C10H9Cl2NO. The highest BCUT2D eigenvalue weighted by molar-refractivity contribution is 6.34. The van der Waals surface area contributed by atoms with Gasteiger partial charge in [-0.05, 0) is 19.1 Å². The van der Waals surface area contributed by atoms with Crippen molar-refractivity contribution < 1.29 is 4.74 Å². The van der Waals surface area contributed by atoms with Gasteiger partial charge in [0.15, 0.2) is 0 Å². The lowest BCUT2D eigenvalue weighted by Gasteiger charge is -2.12. The first-order valence-electron chi connectivity index (χ1n) is 4.12. The number of benzene rings is 1. The smallest absolute Gasteiger partial charge is 0.139 e. The maximum atomic E-state index is 8.45. The SMILES string of the molecule is CC(CC#N)Oc1cc(Cl)ccc1Cl. The van der Waals surface area contributed by atoms with Crippen molar-refractivity contribution in [2.75, 3.05) is 0 Å². The van der Waals surface area contributed by atoms with Gasteiger partial charge >= 0.3 is 0 Å². The Hall–Kier alpha value is -0.910. The number of rotatable bonds is 3. The first-order chi connectivity index (χ1) is 6.63. The van der Waals surface area contributed by atoms with E-state index in [1.54, 1.807) is 25.1 Å². The second kappa shape index (κ2) is 5.09. The number of nitriles is 1. The third-order valence-corrected chi connectivity index (χ3v) is 2.15. The van der Waals surface area contributed by atoms with Crippen LogP contribution in [0.1, 0.15) is 13.3 Å². The molecule has 0 aromatic heterocycles. The van der Waals surface area contributed by atoms with Gasteiger partial charge in [-0.2, -0.15) is 5.26 Å². The zero-order valence-electron chi connectivity index (χ0n) is 7.63. The molecule has 0 spiro atoms. The lowest BCUT2D eigenvalue weighted by atomic mass is 10.3. The highest BCUT2D eigenvalue weighted by Gasteiger charge is 2.07. The van der Waals surface area contributed by atoms with E-state index in [0.29, 0.717) is 22.2 Å². The lowest BCUT2D eigenvalue weighted by Crippen LogP contribution is -2.10. The van der Waals surface area contributed by atoms with Gasteiger partial charge in [-0.3, -0.25) is 0 Å². The van der Waals surface area contributed by atoms with E-state index in [1.165, 1.54) is 0 Å². The van der Waals surface area contributed by atoms with Crippen molar-refractivity contribution in [3.63, 3.8) is 0 Å². The maximum Gasteiger partial charge on any atom is 0.139 e. The van der Waals surface area contributed by atoms with Gasteiger partial charge < -0.3 is 4.74 Å². The third kappa shape index (κ3) is 3.10. The highest BCUT2D eigenvalue weighted by Crippen LogP contribution is 2.28. The predicted molar refractivity (Wildman–Crippen MR) is 56.8 cm³/mol. The van der Waals surface area contributed by atoms with Gasteiger partial charge in [0, 0.05) is 11.1 Å². The molecule has 1 atom stereocenters. The summed E-state index contributed by atoms with van der Waals surface area (Å²) in [6, 6.07) is 7.01. The summed E-state index contributed by atoms with van der Waals surface area (Å²) in [6.45, 7) is 1.81. The number of hydrogen-bond acceptors (Lipinski definition) is 2. The van der Waals surface area contributed by atoms with E-state index >= 15 is 0 Å². The minimum absolute atomic E-state index is 0.184. The molecule has 1 unspecified atom stereocenters. The van der Waals surface area contributed by atoms with Crippen LogP contribution in [0, 0.1) is 11.3 Å². The molecule has 4 heteroatoms. The highest BCUT2D eigenvalue weighted by atomic mass is 35.5. The summed E-state index contributed by atoms with van der Waals surface area (Å²) < 4.78 is 5.43. The van der Waals surface area contributed by atoms with Gasteiger partial charge in [0.25, 0.3) is 0 Å². The second-order valence-electron chi connectivity index (χ2n) is 2.87. The molecule has 0 fully saturated rings. The summed E-state index contributed by atoms with van der Waals surface area (Å²) in [7, 11) is 0. The first-order valence-corrected chi connectivity index (χ1v) is 4.87. The summed E-state index contributed by atoms with van der Waals surface area (Å²) in [5.41, 5.74) is 0. The van der Waals surface area contributed by atoms with Crippen molar-refractivity contribution in [1.82, 2.24) is 0 Å². The van der Waals surface area contributed by atoms with Gasteiger partial charge in [-0.1, -0.05) is 23.2 Å². The fraction of sp³-hybridized carbons (Fsp3) is 0.300. The van der Waals surface area contributed by atoms with Crippen LogP contribution < -0.4 is 4.74 Å². The molecule has 1 aromatic rings. The topological polar surface area (TPSA) is 33.0 Å². The summed E-state index contributed by atoms with van der Waals surface area (Å²) >= 11 is 11.6. The Labute approximate surface area is 93.0 Å². The Bertz CT molecular complexity index is 360. The van der Waals surface area contributed by atoms with Gasteiger partial charge in [-0.25, -0.2) is 0 Å². The minimum Gasteiger partial charge on any atom is -0.488 e. The molecule has 0 aliphatic rings. The van der Waals surface area contributed by atoms with E-state index < -0.39 is 0 Å². The number of hydrogen-bond donors (Lipinski definition) is 0. The van der Waals surface area contributed by atoms with E-state index in [2.05, 4.69) is 0 Å². The molecule has 0 amide bonds. The fourth-order valence-electron chi connectivity index (χ4n) is 0.954. The van der Waals surface area contributed by atoms with E-state index in [9.17, 15) is 0 Å². The average molecular weight is 230 g/mol. The van der Waals surface area contributed by atoms with Crippen LogP contribution in [0.2, 0.25) is 10.0 Å². The zero-order valence-corrected chi connectivity index (χ0v) is 9.14. The molecule has 2 nitrogen and oxygen atoms in total. The van der Waals surface area contributed by atoms with Crippen molar-refractivity contribution >= 4 is 23.2 Å². The summed E-state index contributed by atoms with van der Waals surface area (Å²) in [5, 5.41) is 9.51. The van der Waals surface area contributed by atoms with E-state index in [1.807, 2.05) is 6.07 Å². The number of nitrogens with zero attached hydrogens (tertiary/aromatic N) is 1.